The van der Waals surface area contributed by atoms with E-state index in [1.54, 1.807) is 36.4 Å². The van der Waals surface area contributed by atoms with Crippen molar-refractivity contribution in [2.24, 2.45) is 0 Å². The van der Waals surface area contributed by atoms with Gasteiger partial charge in [0.05, 0.1) is 0 Å². The number of carbonyl (C=O) groups is 1. The lowest BCUT2D eigenvalue weighted by molar-refractivity contribution is 0.0943. The molecule has 0 atom stereocenters. The maximum absolute atomic E-state index is 13.5. The molecule has 104 valence electrons. The lowest BCUT2D eigenvalue weighted by Crippen LogP contribution is -2.29. The van der Waals surface area contributed by atoms with Crippen LogP contribution in [0.25, 0.3) is 0 Å². The second-order valence-corrected chi connectivity index (χ2v) is 4.69. The van der Waals surface area contributed by atoms with E-state index in [-0.39, 0.29) is 17.7 Å². The van der Waals surface area contributed by atoms with Crippen molar-refractivity contribution >= 4 is 5.91 Å². The molecule has 0 bridgehead atoms. The minimum atomic E-state index is -0.440. The van der Waals surface area contributed by atoms with Crippen LogP contribution in [-0.2, 0) is 0 Å². The molecule has 0 aliphatic rings. The summed E-state index contributed by atoms with van der Waals surface area (Å²) in [7, 11) is 0. The third kappa shape index (κ3) is 3.57. The molecule has 0 fully saturated rings. The smallest absolute Gasteiger partial charge is 0.251 e. The van der Waals surface area contributed by atoms with Crippen molar-refractivity contribution in [2.75, 3.05) is 0 Å². The standard InChI is InChI=1S/C16H16FNO2/c1-11(2)18-16(19)12-6-5-7-13(10-12)20-15-9-4-3-8-14(15)17/h3-11H,1-2H3,(H,18,19). The molecule has 0 aliphatic carbocycles. The van der Waals surface area contributed by atoms with E-state index in [0.29, 0.717) is 11.3 Å². The number of para-hydroxylation sites is 1. The molecule has 0 heterocycles. The van der Waals surface area contributed by atoms with Gasteiger partial charge in [0.1, 0.15) is 5.75 Å². The van der Waals surface area contributed by atoms with Gasteiger partial charge in [-0.1, -0.05) is 18.2 Å². The molecule has 0 unspecified atom stereocenters. The Balaban J connectivity index is 2.18. The fourth-order valence-electron chi connectivity index (χ4n) is 1.70. The van der Waals surface area contributed by atoms with Crippen molar-refractivity contribution in [1.29, 1.82) is 0 Å². The fraction of sp³-hybridized carbons (Fsp3) is 0.188. The van der Waals surface area contributed by atoms with Gasteiger partial charge in [0.25, 0.3) is 5.91 Å². The van der Waals surface area contributed by atoms with E-state index in [9.17, 15) is 9.18 Å². The zero-order valence-electron chi connectivity index (χ0n) is 11.4. The zero-order chi connectivity index (χ0) is 14.5. The first-order valence-electron chi connectivity index (χ1n) is 6.39. The van der Waals surface area contributed by atoms with Gasteiger partial charge in [-0.15, -0.1) is 0 Å². The van der Waals surface area contributed by atoms with Crippen molar-refractivity contribution in [1.82, 2.24) is 5.32 Å². The van der Waals surface area contributed by atoms with Crippen LogP contribution in [0.5, 0.6) is 11.5 Å². The third-order valence-corrected chi connectivity index (χ3v) is 2.58. The average Bonchev–Trinajstić information content (AvgIpc) is 2.41. The van der Waals surface area contributed by atoms with Gasteiger partial charge < -0.3 is 10.1 Å². The fourth-order valence-corrected chi connectivity index (χ4v) is 1.70. The van der Waals surface area contributed by atoms with E-state index in [0.717, 1.165) is 0 Å². The Bertz CT molecular complexity index is 611. The van der Waals surface area contributed by atoms with Gasteiger partial charge in [-0.2, -0.15) is 0 Å². The number of hydrogen-bond acceptors (Lipinski definition) is 2. The maximum Gasteiger partial charge on any atom is 0.251 e. The Labute approximate surface area is 117 Å². The molecule has 4 heteroatoms. The Morgan fingerprint density at radius 3 is 2.60 bits per heavy atom. The number of nitrogens with one attached hydrogen (secondary N) is 1. The molecule has 3 nitrogen and oxygen atoms in total. The molecular formula is C16H16FNO2. The molecule has 1 amide bonds. The topological polar surface area (TPSA) is 38.3 Å². The summed E-state index contributed by atoms with van der Waals surface area (Å²) in [5.74, 6) is -0.0658. The molecule has 2 aromatic rings. The minimum absolute atomic E-state index is 0.0543. The monoisotopic (exact) mass is 273 g/mol. The van der Waals surface area contributed by atoms with Crippen LogP contribution < -0.4 is 10.1 Å². The largest absolute Gasteiger partial charge is 0.454 e. The van der Waals surface area contributed by atoms with Crippen molar-refractivity contribution < 1.29 is 13.9 Å². The zero-order valence-corrected chi connectivity index (χ0v) is 11.4. The van der Waals surface area contributed by atoms with Crippen molar-refractivity contribution in [3.8, 4) is 11.5 Å². The van der Waals surface area contributed by atoms with E-state index in [1.807, 2.05) is 13.8 Å². The maximum atomic E-state index is 13.5. The number of amides is 1. The lowest BCUT2D eigenvalue weighted by atomic mass is 10.2. The van der Waals surface area contributed by atoms with Gasteiger partial charge in [0.2, 0.25) is 0 Å². The van der Waals surface area contributed by atoms with Crippen molar-refractivity contribution in [3.63, 3.8) is 0 Å². The number of ether oxygens (including phenoxy) is 1. The van der Waals surface area contributed by atoms with Crippen LogP contribution in [-0.4, -0.2) is 11.9 Å². The summed E-state index contributed by atoms with van der Waals surface area (Å²) in [5.41, 5.74) is 0.479. The first-order chi connectivity index (χ1) is 9.56. The van der Waals surface area contributed by atoms with Gasteiger partial charge >= 0.3 is 0 Å². The molecule has 2 aromatic carbocycles. The molecule has 0 spiro atoms. The molecule has 1 N–H and O–H groups in total. The molecule has 0 aliphatic heterocycles. The van der Waals surface area contributed by atoms with Gasteiger partial charge in [0.15, 0.2) is 11.6 Å². The predicted molar refractivity (Wildman–Crippen MR) is 75.5 cm³/mol. The first-order valence-corrected chi connectivity index (χ1v) is 6.39. The number of halogens is 1. The minimum Gasteiger partial charge on any atom is -0.454 e. The van der Waals surface area contributed by atoms with Gasteiger partial charge in [-0.05, 0) is 44.2 Å². The summed E-state index contributed by atoms with van der Waals surface area (Å²) in [6.07, 6.45) is 0. The van der Waals surface area contributed by atoms with Crippen LogP contribution in [0, 0.1) is 5.82 Å². The number of carbonyl (C=O) groups excluding carboxylic acids is 1. The molecule has 0 radical (unpaired) electrons. The molecule has 20 heavy (non-hydrogen) atoms. The summed E-state index contributed by atoms with van der Waals surface area (Å²) < 4.78 is 19.0. The predicted octanol–water partition coefficient (Wildman–Crippen LogP) is 3.76. The molecular weight excluding hydrogens is 257 g/mol. The lowest BCUT2D eigenvalue weighted by Gasteiger charge is -2.10. The number of benzene rings is 2. The Morgan fingerprint density at radius 1 is 1.15 bits per heavy atom. The average molecular weight is 273 g/mol. The van der Waals surface area contributed by atoms with E-state index < -0.39 is 5.82 Å². The Morgan fingerprint density at radius 2 is 1.90 bits per heavy atom. The Hall–Kier alpha value is -2.36. The highest BCUT2D eigenvalue weighted by Crippen LogP contribution is 2.24. The van der Waals surface area contributed by atoms with Crippen molar-refractivity contribution in [2.45, 2.75) is 19.9 Å². The highest BCUT2D eigenvalue weighted by molar-refractivity contribution is 5.94. The van der Waals surface area contributed by atoms with Crippen LogP contribution in [0.1, 0.15) is 24.2 Å². The summed E-state index contributed by atoms with van der Waals surface area (Å²) >= 11 is 0. The summed E-state index contributed by atoms with van der Waals surface area (Å²) in [4.78, 5) is 11.9. The SMILES string of the molecule is CC(C)NC(=O)c1cccc(Oc2ccccc2F)c1. The highest BCUT2D eigenvalue weighted by atomic mass is 19.1. The number of rotatable bonds is 4. The normalized spacial score (nSPS) is 10.4. The Kier molecular flexibility index (Phi) is 4.35. The summed E-state index contributed by atoms with van der Waals surface area (Å²) in [6, 6.07) is 12.8. The third-order valence-electron chi connectivity index (χ3n) is 2.58. The summed E-state index contributed by atoms with van der Waals surface area (Å²) in [5, 5.41) is 2.79. The van der Waals surface area contributed by atoms with E-state index in [1.165, 1.54) is 12.1 Å². The van der Waals surface area contributed by atoms with Crippen LogP contribution in [0.3, 0.4) is 0 Å². The molecule has 0 saturated carbocycles. The van der Waals surface area contributed by atoms with Crippen LogP contribution in [0.15, 0.2) is 48.5 Å². The second kappa shape index (κ2) is 6.19. The second-order valence-electron chi connectivity index (χ2n) is 4.69. The first kappa shape index (κ1) is 14.1. The molecule has 0 aromatic heterocycles. The van der Waals surface area contributed by atoms with Gasteiger partial charge in [-0.25, -0.2) is 4.39 Å². The van der Waals surface area contributed by atoms with Crippen molar-refractivity contribution in [3.05, 3.63) is 59.9 Å². The van der Waals surface area contributed by atoms with Crippen LogP contribution in [0.4, 0.5) is 4.39 Å². The van der Waals surface area contributed by atoms with E-state index in [4.69, 9.17) is 4.74 Å². The summed E-state index contributed by atoms with van der Waals surface area (Å²) in [6.45, 7) is 3.77. The van der Waals surface area contributed by atoms with Gasteiger partial charge in [-0.3, -0.25) is 4.79 Å². The van der Waals surface area contributed by atoms with Gasteiger partial charge in [0, 0.05) is 11.6 Å². The number of hydrogen-bond donors (Lipinski definition) is 1. The quantitative estimate of drug-likeness (QED) is 0.921. The van der Waals surface area contributed by atoms with Crippen LogP contribution in [0.2, 0.25) is 0 Å². The van der Waals surface area contributed by atoms with Crippen LogP contribution >= 0.6 is 0 Å². The van der Waals surface area contributed by atoms with E-state index >= 15 is 0 Å². The molecule has 0 saturated heterocycles. The highest BCUT2D eigenvalue weighted by Gasteiger charge is 2.09. The molecule has 2 rings (SSSR count). The van der Waals surface area contributed by atoms with E-state index in [2.05, 4.69) is 5.32 Å².